The number of hydrogen-bond acceptors (Lipinski definition) is 6. The predicted octanol–water partition coefficient (Wildman–Crippen LogP) is 3.01. The third kappa shape index (κ3) is 4.03. The molecule has 1 aliphatic heterocycles. The maximum absolute atomic E-state index is 4.70. The van der Waals surface area contributed by atoms with Crippen LogP contribution in [-0.4, -0.2) is 39.6 Å². The number of piperidine rings is 1. The van der Waals surface area contributed by atoms with Crippen molar-refractivity contribution in [1.82, 2.24) is 25.3 Å². The zero-order valence-corrected chi connectivity index (χ0v) is 14.6. The number of aromatic nitrogens is 4. The smallest absolute Gasteiger partial charge is 0.163 e. The molecule has 1 unspecified atom stereocenters. The second kappa shape index (κ2) is 8.01. The molecule has 0 saturated carbocycles. The normalized spacial score (nSPS) is 17.0. The summed E-state index contributed by atoms with van der Waals surface area (Å²) in [5.74, 6) is 2.11. The summed E-state index contributed by atoms with van der Waals surface area (Å²) in [6.07, 6.45) is 7.79. The van der Waals surface area contributed by atoms with Crippen molar-refractivity contribution in [2.75, 3.05) is 25.0 Å². The van der Waals surface area contributed by atoms with Gasteiger partial charge in [0.25, 0.3) is 0 Å². The van der Waals surface area contributed by atoms with Crippen molar-refractivity contribution < 1.29 is 0 Å². The molecule has 6 nitrogen and oxygen atoms in total. The second-order valence-electron chi connectivity index (χ2n) is 6.51. The first-order valence-corrected chi connectivity index (χ1v) is 9.04. The van der Waals surface area contributed by atoms with Gasteiger partial charge in [0, 0.05) is 36.8 Å². The summed E-state index contributed by atoms with van der Waals surface area (Å²) < 4.78 is 0. The van der Waals surface area contributed by atoms with Crippen molar-refractivity contribution in [3.63, 3.8) is 0 Å². The molecule has 1 aliphatic rings. The Kier molecular flexibility index (Phi) is 5.12. The molecule has 6 heteroatoms. The van der Waals surface area contributed by atoms with Gasteiger partial charge in [-0.15, -0.1) is 0 Å². The first kappa shape index (κ1) is 16.6. The minimum absolute atomic E-state index is 0.624. The zero-order valence-electron chi connectivity index (χ0n) is 14.6. The van der Waals surface area contributed by atoms with Crippen LogP contribution in [0.1, 0.15) is 12.8 Å². The summed E-state index contributed by atoms with van der Waals surface area (Å²) in [5.41, 5.74) is 2.54. The van der Waals surface area contributed by atoms with Crippen LogP contribution in [0.4, 0.5) is 5.82 Å². The molecule has 0 aliphatic carbocycles. The quantitative estimate of drug-likeness (QED) is 0.740. The van der Waals surface area contributed by atoms with Gasteiger partial charge in [-0.1, -0.05) is 6.07 Å². The Labute approximate surface area is 153 Å². The van der Waals surface area contributed by atoms with E-state index in [0.717, 1.165) is 42.4 Å². The van der Waals surface area contributed by atoms with E-state index in [-0.39, 0.29) is 0 Å². The molecule has 1 fully saturated rings. The lowest BCUT2D eigenvalue weighted by Crippen LogP contribution is -2.33. The van der Waals surface area contributed by atoms with Crippen LogP contribution in [0.3, 0.4) is 0 Å². The van der Waals surface area contributed by atoms with E-state index < -0.39 is 0 Å². The molecule has 3 aromatic heterocycles. The molecule has 4 rings (SSSR count). The minimum Gasteiger partial charge on any atom is -0.370 e. The standard InChI is InChI=1S/C20H22N6/c1-2-10-23-17(7-1)18-11-19(24-13-15-5-3-8-21-12-15)26-20(25-18)16-6-4-9-22-14-16/h1-2,4,6-7,9-11,14-15,21H,3,5,8,12-13H2,(H,24,25,26). The Morgan fingerprint density at radius 2 is 2.08 bits per heavy atom. The minimum atomic E-state index is 0.624. The van der Waals surface area contributed by atoms with Gasteiger partial charge >= 0.3 is 0 Å². The summed E-state index contributed by atoms with van der Waals surface area (Å²) >= 11 is 0. The lowest BCUT2D eigenvalue weighted by atomic mass is 10.00. The van der Waals surface area contributed by atoms with Gasteiger partial charge in [-0.2, -0.15) is 0 Å². The fourth-order valence-corrected chi connectivity index (χ4v) is 3.15. The van der Waals surface area contributed by atoms with Crippen LogP contribution in [0, 0.1) is 5.92 Å². The molecular formula is C20H22N6. The summed E-state index contributed by atoms with van der Waals surface area (Å²) in [6, 6.07) is 11.7. The lowest BCUT2D eigenvalue weighted by Gasteiger charge is -2.23. The van der Waals surface area contributed by atoms with Gasteiger partial charge in [0.2, 0.25) is 0 Å². The average Bonchev–Trinajstić information content (AvgIpc) is 2.74. The van der Waals surface area contributed by atoms with Crippen molar-refractivity contribution in [3.8, 4) is 22.8 Å². The summed E-state index contributed by atoms with van der Waals surface area (Å²) in [5, 5.41) is 6.95. The van der Waals surface area contributed by atoms with E-state index in [0.29, 0.717) is 11.7 Å². The number of pyridine rings is 2. The second-order valence-corrected chi connectivity index (χ2v) is 6.51. The molecule has 0 bridgehead atoms. The highest BCUT2D eigenvalue weighted by atomic mass is 15.0. The highest BCUT2D eigenvalue weighted by Gasteiger charge is 2.14. The number of anilines is 1. The van der Waals surface area contributed by atoms with Gasteiger partial charge in [0.1, 0.15) is 5.82 Å². The molecule has 132 valence electrons. The summed E-state index contributed by atoms with van der Waals surface area (Å²) in [4.78, 5) is 18.0. The van der Waals surface area contributed by atoms with E-state index in [1.807, 2.05) is 36.4 Å². The van der Waals surface area contributed by atoms with Gasteiger partial charge < -0.3 is 10.6 Å². The summed E-state index contributed by atoms with van der Waals surface area (Å²) in [7, 11) is 0. The van der Waals surface area contributed by atoms with Crippen molar-refractivity contribution in [3.05, 3.63) is 55.0 Å². The highest BCUT2D eigenvalue weighted by Crippen LogP contribution is 2.23. The Bertz CT molecular complexity index is 774. The average molecular weight is 346 g/mol. The topological polar surface area (TPSA) is 75.6 Å². The lowest BCUT2D eigenvalue weighted by molar-refractivity contribution is 0.392. The first-order chi connectivity index (χ1) is 12.9. The van der Waals surface area contributed by atoms with Crippen molar-refractivity contribution in [1.29, 1.82) is 0 Å². The Morgan fingerprint density at radius 3 is 2.85 bits per heavy atom. The van der Waals surface area contributed by atoms with Crippen LogP contribution < -0.4 is 10.6 Å². The van der Waals surface area contributed by atoms with E-state index in [1.54, 1.807) is 18.6 Å². The molecule has 1 saturated heterocycles. The molecule has 3 aromatic rings. The van der Waals surface area contributed by atoms with Crippen molar-refractivity contribution in [2.24, 2.45) is 5.92 Å². The molecule has 0 radical (unpaired) electrons. The molecule has 2 N–H and O–H groups in total. The Morgan fingerprint density at radius 1 is 1.08 bits per heavy atom. The number of hydrogen-bond donors (Lipinski definition) is 2. The van der Waals surface area contributed by atoms with E-state index in [4.69, 9.17) is 9.97 Å². The summed E-state index contributed by atoms with van der Waals surface area (Å²) in [6.45, 7) is 3.08. The highest BCUT2D eigenvalue weighted by molar-refractivity contribution is 5.64. The van der Waals surface area contributed by atoms with Crippen LogP contribution in [-0.2, 0) is 0 Å². The van der Waals surface area contributed by atoms with Crippen molar-refractivity contribution >= 4 is 5.82 Å². The van der Waals surface area contributed by atoms with E-state index in [1.165, 1.54) is 12.8 Å². The monoisotopic (exact) mass is 346 g/mol. The number of nitrogens with one attached hydrogen (secondary N) is 2. The van der Waals surface area contributed by atoms with E-state index in [2.05, 4.69) is 20.6 Å². The first-order valence-electron chi connectivity index (χ1n) is 9.04. The fourth-order valence-electron chi connectivity index (χ4n) is 3.15. The van der Waals surface area contributed by atoms with E-state index >= 15 is 0 Å². The third-order valence-electron chi connectivity index (χ3n) is 4.54. The van der Waals surface area contributed by atoms with Crippen LogP contribution >= 0.6 is 0 Å². The Hall–Kier alpha value is -2.86. The number of rotatable bonds is 5. The Balaban J connectivity index is 1.64. The van der Waals surface area contributed by atoms with Gasteiger partial charge in [-0.05, 0) is 56.1 Å². The predicted molar refractivity (Wildman–Crippen MR) is 103 cm³/mol. The molecule has 1 atom stereocenters. The largest absolute Gasteiger partial charge is 0.370 e. The van der Waals surface area contributed by atoms with Gasteiger partial charge in [0.05, 0.1) is 11.4 Å². The van der Waals surface area contributed by atoms with Gasteiger partial charge in [-0.25, -0.2) is 9.97 Å². The maximum atomic E-state index is 4.70. The van der Waals surface area contributed by atoms with Crippen LogP contribution in [0.15, 0.2) is 55.0 Å². The molecule has 4 heterocycles. The molecular weight excluding hydrogens is 324 g/mol. The van der Waals surface area contributed by atoms with Crippen LogP contribution in [0.2, 0.25) is 0 Å². The third-order valence-corrected chi connectivity index (χ3v) is 4.54. The number of nitrogens with zero attached hydrogens (tertiary/aromatic N) is 4. The van der Waals surface area contributed by atoms with Gasteiger partial charge in [-0.3, -0.25) is 9.97 Å². The molecule has 0 spiro atoms. The molecule has 26 heavy (non-hydrogen) atoms. The van der Waals surface area contributed by atoms with Crippen LogP contribution in [0.5, 0.6) is 0 Å². The fraction of sp³-hybridized carbons (Fsp3) is 0.300. The zero-order chi connectivity index (χ0) is 17.6. The van der Waals surface area contributed by atoms with Gasteiger partial charge in [0.15, 0.2) is 5.82 Å². The molecule has 0 amide bonds. The van der Waals surface area contributed by atoms with Crippen molar-refractivity contribution in [2.45, 2.75) is 12.8 Å². The maximum Gasteiger partial charge on any atom is 0.163 e. The van der Waals surface area contributed by atoms with Crippen LogP contribution in [0.25, 0.3) is 22.8 Å². The van der Waals surface area contributed by atoms with E-state index in [9.17, 15) is 0 Å². The molecule has 0 aromatic carbocycles. The SMILES string of the molecule is c1ccc(-c2cc(NCC3CCCNC3)nc(-c3cccnc3)n2)nc1.